The highest BCUT2D eigenvalue weighted by Gasteiger charge is 2.28. The Morgan fingerprint density at radius 2 is 2.13 bits per heavy atom. The number of rotatable bonds is 7. The lowest BCUT2D eigenvalue weighted by Crippen LogP contribution is -2.29. The average molecular weight is 441 g/mol. The van der Waals surface area contributed by atoms with E-state index in [9.17, 15) is 4.79 Å². The Kier molecular flexibility index (Phi) is 6.46. The highest BCUT2D eigenvalue weighted by atomic mass is 32.2. The number of benzene rings is 1. The normalized spacial score (nSPS) is 16.2. The van der Waals surface area contributed by atoms with E-state index in [0.717, 1.165) is 50.0 Å². The fraction of sp³-hybridized carbons (Fsp3) is 0.417. The van der Waals surface area contributed by atoms with E-state index < -0.39 is 0 Å². The molecule has 4 rings (SSSR count). The van der Waals surface area contributed by atoms with E-state index in [1.807, 2.05) is 29.7 Å². The summed E-state index contributed by atoms with van der Waals surface area (Å²) in [6, 6.07) is 10.3. The minimum Gasteiger partial charge on any atom is -0.372 e. The topological polar surface area (TPSA) is 44.1 Å². The lowest BCUT2D eigenvalue weighted by atomic mass is 9.96. The van der Waals surface area contributed by atoms with Crippen molar-refractivity contribution in [2.75, 3.05) is 5.75 Å². The van der Waals surface area contributed by atoms with Gasteiger partial charge < -0.3 is 4.74 Å². The Bertz CT molecular complexity index is 1120. The van der Waals surface area contributed by atoms with E-state index >= 15 is 0 Å². The van der Waals surface area contributed by atoms with Gasteiger partial charge in [-0.1, -0.05) is 68.1 Å². The zero-order chi connectivity index (χ0) is 21.3. The van der Waals surface area contributed by atoms with E-state index in [4.69, 9.17) is 9.72 Å². The predicted molar refractivity (Wildman–Crippen MR) is 127 cm³/mol. The first-order chi connectivity index (χ1) is 14.4. The van der Waals surface area contributed by atoms with E-state index in [1.54, 1.807) is 23.1 Å². The first kappa shape index (κ1) is 21.3. The molecule has 4 nitrogen and oxygen atoms in total. The second kappa shape index (κ2) is 9.08. The molecular weight excluding hydrogens is 412 g/mol. The van der Waals surface area contributed by atoms with E-state index in [0.29, 0.717) is 19.1 Å². The molecule has 0 unspecified atom stereocenters. The van der Waals surface area contributed by atoms with Crippen molar-refractivity contribution in [2.24, 2.45) is 5.92 Å². The van der Waals surface area contributed by atoms with Crippen molar-refractivity contribution in [1.29, 1.82) is 0 Å². The van der Waals surface area contributed by atoms with E-state index in [2.05, 4.69) is 32.6 Å². The SMILES string of the molecule is C=C(C)CSc1nc2sc3c(c2c(=O)n1CCc1ccccc1)C[C@@H](C(C)C)OC3. The molecular formula is C24H28N2O2S2. The van der Waals surface area contributed by atoms with Gasteiger partial charge in [0, 0.05) is 23.6 Å². The van der Waals surface area contributed by atoms with Crippen LogP contribution in [0.2, 0.25) is 0 Å². The monoisotopic (exact) mass is 440 g/mol. The molecule has 158 valence electrons. The molecule has 0 radical (unpaired) electrons. The maximum atomic E-state index is 13.7. The van der Waals surface area contributed by atoms with Gasteiger partial charge >= 0.3 is 0 Å². The van der Waals surface area contributed by atoms with Crippen LogP contribution >= 0.6 is 23.1 Å². The second-order valence-electron chi connectivity index (χ2n) is 8.31. The second-order valence-corrected chi connectivity index (χ2v) is 10.3. The lowest BCUT2D eigenvalue weighted by Gasteiger charge is -2.26. The molecule has 1 aliphatic heterocycles. The van der Waals surface area contributed by atoms with Crippen LogP contribution in [0.1, 0.15) is 36.8 Å². The molecule has 0 saturated heterocycles. The number of hydrogen-bond acceptors (Lipinski definition) is 5. The summed E-state index contributed by atoms with van der Waals surface area (Å²) in [6.07, 6.45) is 1.75. The first-order valence-corrected chi connectivity index (χ1v) is 12.2. The number of ether oxygens (including phenoxy) is 1. The fourth-order valence-corrected chi connectivity index (χ4v) is 5.78. The smallest absolute Gasteiger partial charge is 0.263 e. The number of thiophene rings is 1. The largest absolute Gasteiger partial charge is 0.372 e. The number of nitrogens with zero attached hydrogens (tertiary/aromatic N) is 2. The summed E-state index contributed by atoms with van der Waals surface area (Å²) in [5.74, 6) is 1.18. The van der Waals surface area contributed by atoms with Crippen molar-refractivity contribution in [2.45, 2.75) is 58.0 Å². The highest BCUT2D eigenvalue weighted by Crippen LogP contribution is 2.36. The van der Waals surface area contributed by atoms with Gasteiger partial charge in [0.1, 0.15) is 4.83 Å². The number of aryl methyl sites for hydroxylation is 1. The number of hydrogen-bond donors (Lipinski definition) is 0. The summed E-state index contributed by atoms with van der Waals surface area (Å²) in [6.45, 7) is 11.6. The number of thioether (sulfide) groups is 1. The van der Waals surface area contributed by atoms with Crippen LogP contribution in [0, 0.1) is 5.92 Å². The molecule has 1 aliphatic rings. The average Bonchev–Trinajstić information content (AvgIpc) is 3.10. The van der Waals surface area contributed by atoms with Crippen LogP contribution in [-0.4, -0.2) is 21.4 Å². The third-order valence-corrected chi connectivity index (χ3v) is 7.76. The molecule has 6 heteroatoms. The minimum absolute atomic E-state index is 0.0852. The Morgan fingerprint density at radius 1 is 1.37 bits per heavy atom. The lowest BCUT2D eigenvalue weighted by molar-refractivity contribution is 0.00200. The van der Waals surface area contributed by atoms with Gasteiger partial charge in [0.15, 0.2) is 5.16 Å². The van der Waals surface area contributed by atoms with Crippen LogP contribution in [0.3, 0.4) is 0 Å². The van der Waals surface area contributed by atoms with Crippen molar-refractivity contribution in [3.8, 4) is 0 Å². The maximum absolute atomic E-state index is 13.7. The number of aromatic nitrogens is 2. The Morgan fingerprint density at radius 3 is 2.83 bits per heavy atom. The van der Waals surface area contributed by atoms with Gasteiger partial charge in [-0.25, -0.2) is 4.98 Å². The molecule has 1 aromatic carbocycles. The molecule has 3 aromatic rings. The van der Waals surface area contributed by atoms with Gasteiger partial charge in [0.25, 0.3) is 5.56 Å². The van der Waals surface area contributed by atoms with Crippen LogP contribution in [0.4, 0.5) is 0 Å². The molecule has 0 bridgehead atoms. The molecule has 0 fully saturated rings. The summed E-state index contributed by atoms with van der Waals surface area (Å²) in [4.78, 5) is 20.6. The van der Waals surface area contributed by atoms with Crippen molar-refractivity contribution in [3.05, 3.63) is 68.8 Å². The molecule has 30 heavy (non-hydrogen) atoms. The molecule has 0 N–H and O–H groups in total. The standard InChI is InChI=1S/C24H28N2O2S2/c1-15(2)14-29-24-25-22-21(18-12-19(16(3)4)28-13-20(18)30-22)23(27)26(24)11-10-17-8-6-5-7-9-17/h5-9,16,19H,1,10-14H2,2-4H3/t19-/m0/s1. The van der Waals surface area contributed by atoms with Crippen LogP contribution in [0.5, 0.6) is 0 Å². The molecule has 0 saturated carbocycles. The van der Waals surface area contributed by atoms with Crippen LogP contribution in [-0.2, 0) is 30.7 Å². The third-order valence-electron chi connectivity index (χ3n) is 5.45. The Hall–Kier alpha value is -1.89. The van der Waals surface area contributed by atoms with Crippen molar-refractivity contribution >= 4 is 33.3 Å². The fourth-order valence-electron chi connectivity index (χ4n) is 3.75. The molecule has 1 atom stereocenters. The van der Waals surface area contributed by atoms with Gasteiger partial charge in [-0.3, -0.25) is 9.36 Å². The van der Waals surface area contributed by atoms with Gasteiger partial charge in [-0.05, 0) is 30.4 Å². The van der Waals surface area contributed by atoms with Crippen LogP contribution in [0.15, 0.2) is 52.4 Å². The van der Waals surface area contributed by atoms with Crippen LogP contribution in [0.25, 0.3) is 10.2 Å². The molecule has 3 heterocycles. The maximum Gasteiger partial charge on any atom is 0.263 e. The summed E-state index contributed by atoms with van der Waals surface area (Å²) in [5, 5.41) is 1.59. The van der Waals surface area contributed by atoms with Crippen molar-refractivity contribution in [1.82, 2.24) is 9.55 Å². The minimum atomic E-state index is 0.0852. The van der Waals surface area contributed by atoms with Crippen LogP contribution < -0.4 is 5.56 Å². The van der Waals surface area contributed by atoms with Gasteiger partial charge in [-0.15, -0.1) is 11.3 Å². The van der Waals surface area contributed by atoms with Crippen molar-refractivity contribution in [3.63, 3.8) is 0 Å². The van der Waals surface area contributed by atoms with Gasteiger partial charge in [0.2, 0.25) is 0 Å². The summed E-state index contributed by atoms with van der Waals surface area (Å²) < 4.78 is 7.91. The third kappa shape index (κ3) is 4.41. The molecule has 0 amide bonds. The first-order valence-electron chi connectivity index (χ1n) is 10.4. The van der Waals surface area contributed by atoms with Crippen molar-refractivity contribution < 1.29 is 4.74 Å². The number of fused-ring (bicyclic) bond motifs is 3. The van der Waals surface area contributed by atoms with E-state index in [1.165, 1.54) is 5.56 Å². The zero-order valence-electron chi connectivity index (χ0n) is 17.8. The highest BCUT2D eigenvalue weighted by molar-refractivity contribution is 7.99. The Labute approximate surface area is 186 Å². The zero-order valence-corrected chi connectivity index (χ0v) is 19.4. The summed E-state index contributed by atoms with van der Waals surface area (Å²) >= 11 is 3.21. The van der Waals surface area contributed by atoms with Gasteiger partial charge in [-0.2, -0.15) is 0 Å². The molecule has 0 spiro atoms. The van der Waals surface area contributed by atoms with Gasteiger partial charge in [0.05, 0.1) is 18.1 Å². The quantitative estimate of drug-likeness (QED) is 0.278. The molecule has 0 aliphatic carbocycles. The predicted octanol–water partition coefficient (Wildman–Crippen LogP) is 5.47. The summed E-state index contributed by atoms with van der Waals surface area (Å²) in [5.41, 5.74) is 3.54. The summed E-state index contributed by atoms with van der Waals surface area (Å²) in [7, 11) is 0. The Balaban J connectivity index is 1.77. The van der Waals surface area contributed by atoms with E-state index in [-0.39, 0.29) is 11.7 Å². The molecule has 2 aromatic heterocycles.